The lowest BCUT2D eigenvalue weighted by Crippen LogP contribution is -2.26. The van der Waals surface area contributed by atoms with Crippen molar-refractivity contribution in [2.45, 2.75) is 6.42 Å². The van der Waals surface area contributed by atoms with Crippen LogP contribution in [-0.2, 0) is 4.79 Å². The average molecular weight is 256 g/mol. The average Bonchev–Trinajstić information content (AvgIpc) is 2.28. The van der Waals surface area contributed by atoms with Gasteiger partial charge in [0.1, 0.15) is 5.82 Å². The quantitative estimate of drug-likeness (QED) is 0.601. The second-order valence-corrected chi connectivity index (χ2v) is 3.32. The van der Waals surface area contributed by atoms with Gasteiger partial charge in [0.2, 0.25) is 0 Å². The standard InChI is InChI=1S/C10H9FN2O5/c11-8-2-1-6(13(17)18)5-7(8)10(16)12-4-3-9(14)15/h1-2,5H,3-4H2,(H,12,16)(H,14,15). The maximum absolute atomic E-state index is 13.3. The van der Waals surface area contributed by atoms with Crippen LogP contribution in [0.25, 0.3) is 0 Å². The molecule has 0 unspecified atom stereocenters. The van der Waals surface area contributed by atoms with Gasteiger partial charge in [0.05, 0.1) is 16.9 Å². The molecule has 1 amide bonds. The Balaban J connectivity index is 2.81. The number of aliphatic carboxylic acids is 1. The molecule has 7 nitrogen and oxygen atoms in total. The number of nitro benzene ring substituents is 1. The zero-order valence-corrected chi connectivity index (χ0v) is 9.05. The third-order valence-corrected chi connectivity index (χ3v) is 2.03. The van der Waals surface area contributed by atoms with Crippen molar-refractivity contribution in [3.63, 3.8) is 0 Å². The van der Waals surface area contributed by atoms with E-state index in [0.29, 0.717) is 0 Å². The molecule has 0 saturated heterocycles. The first-order valence-electron chi connectivity index (χ1n) is 4.85. The molecule has 0 fully saturated rings. The van der Waals surface area contributed by atoms with Crippen molar-refractivity contribution in [3.8, 4) is 0 Å². The molecule has 0 radical (unpaired) electrons. The van der Waals surface area contributed by atoms with Gasteiger partial charge >= 0.3 is 5.97 Å². The van der Waals surface area contributed by atoms with Crippen LogP contribution in [-0.4, -0.2) is 28.5 Å². The smallest absolute Gasteiger partial charge is 0.305 e. The summed E-state index contributed by atoms with van der Waals surface area (Å²) in [6, 6.07) is 2.54. The number of nitrogens with zero attached hydrogens (tertiary/aromatic N) is 1. The van der Waals surface area contributed by atoms with Crippen LogP contribution in [0.4, 0.5) is 10.1 Å². The number of benzene rings is 1. The number of non-ortho nitro benzene ring substituents is 1. The number of carbonyl (C=O) groups is 2. The van der Waals surface area contributed by atoms with E-state index in [1.165, 1.54) is 0 Å². The topological polar surface area (TPSA) is 110 Å². The van der Waals surface area contributed by atoms with Crippen LogP contribution in [0, 0.1) is 15.9 Å². The van der Waals surface area contributed by atoms with Crippen LogP contribution >= 0.6 is 0 Å². The molecule has 0 saturated carbocycles. The summed E-state index contributed by atoms with van der Waals surface area (Å²) in [5.41, 5.74) is -0.908. The minimum Gasteiger partial charge on any atom is -0.481 e. The first-order valence-corrected chi connectivity index (χ1v) is 4.85. The van der Waals surface area contributed by atoms with E-state index in [1.54, 1.807) is 0 Å². The van der Waals surface area contributed by atoms with E-state index < -0.39 is 33.9 Å². The molecule has 18 heavy (non-hydrogen) atoms. The van der Waals surface area contributed by atoms with E-state index in [0.717, 1.165) is 18.2 Å². The molecule has 0 spiro atoms. The Morgan fingerprint density at radius 3 is 2.67 bits per heavy atom. The minimum atomic E-state index is -1.12. The van der Waals surface area contributed by atoms with E-state index in [9.17, 15) is 24.1 Å². The molecule has 2 N–H and O–H groups in total. The molecule has 0 aromatic heterocycles. The zero-order chi connectivity index (χ0) is 13.7. The molecule has 96 valence electrons. The van der Waals surface area contributed by atoms with E-state index >= 15 is 0 Å². The SMILES string of the molecule is O=C(O)CCNC(=O)c1cc([N+](=O)[O-])ccc1F. The summed E-state index contributed by atoms with van der Waals surface area (Å²) >= 11 is 0. The number of halogens is 1. The monoisotopic (exact) mass is 256 g/mol. The van der Waals surface area contributed by atoms with Gasteiger partial charge in [0.15, 0.2) is 0 Å². The van der Waals surface area contributed by atoms with Crippen LogP contribution in [0.15, 0.2) is 18.2 Å². The first kappa shape index (κ1) is 13.6. The molecule has 0 atom stereocenters. The van der Waals surface area contributed by atoms with Crippen molar-refractivity contribution >= 4 is 17.6 Å². The lowest BCUT2D eigenvalue weighted by molar-refractivity contribution is -0.384. The zero-order valence-electron chi connectivity index (χ0n) is 9.05. The van der Waals surface area contributed by atoms with E-state index in [2.05, 4.69) is 5.32 Å². The highest BCUT2D eigenvalue weighted by Gasteiger charge is 2.16. The number of nitro groups is 1. The Morgan fingerprint density at radius 2 is 2.11 bits per heavy atom. The Hall–Kier alpha value is -2.51. The van der Waals surface area contributed by atoms with Crippen LogP contribution in [0.2, 0.25) is 0 Å². The van der Waals surface area contributed by atoms with Gasteiger partial charge in [-0.25, -0.2) is 4.39 Å². The van der Waals surface area contributed by atoms with Crippen molar-refractivity contribution in [1.29, 1.82) is 0 Å². The summed E-state index contributed by atoms with van der Waals surface area (Å²) in [4.78, 5) is 31.4. The number of carboxylic acid groups (broad SMARTS) is 1. The van der Waals surface area contributed by atoms with Crippen LogP contribution in [0.1, 0.15) is 16.8 Å². The highest BCUT2D eigenvalue weighted by atomic mass is 19.1. The van der Waals surface area contributed by atoms with Crippen molar-refractivity contribution < 1.29 is 24.0 Å². The molecule has 1 aromatic carbocycles. The number of nitrogens with one attached hydrogen (secondary N) is 1. The lowest BCUT2D eigenvalue weighted by atomic mass is 10.1. The molecular weight excluding hydrogens is 247 g/mol. The normalized spacial score (nSPS) is 9.83. The van der Waals surface area contributed by atoms with Crippen LogP contribution in [0.5, 0.6) is 0 Å². The molecule has 1 aromatic rings. The van der Waals surface area contributed by atoms with Gasteiger partial charge in [-0.1, -0.05) is 0 Å². The third kappa shape index (κ3) is 3.51. The fourth-order valence-electron chi connectivity index (χ4n) is 1.18. The van der Waals surface area contributed by atoms with Gasteiger partial charge < -0.3 is 10.4 Å². The molecule has 0 aliphatic rings. The highest BCUT2D eigenvalue weighted by molar-refractivity contribution is 5.95. The number of hydrogen-bond donors (Lipinski definition) is 2. The number of hydrogen-bond acceptors (Lipinski definition) is 4. The number of carboxylic acids is 1. The molecule has 0 aliphatic carbocycles. The Morgan fingerprint density at radius 1 is 1.44 bits per heavy atom. The third-order valence-electron chi connectivity index (χ3n) is 2.03. The number of amides is 1. The van der Waals surface area contributed by atoms with Crippen molar-refractivity contribution in [2.24, 2.45) is 0 Å². The highest BCUT2D eigenvalue weighted by Crippen LogP contribution is 2.16. The lowest BCUT2D eigenvalue weighted by Gasteiger charge is -2.04. The number of rotatable bonds is 5. The Labute approximate surface area is 100 Å². The first-order chi connectivity index (χ1) is 8.41. The molecular formula is C10H9FN2O5. The van der Waals surface area contributed by atoms with Gasteiger partial charge in [0, 0.05) is 18.7 Å². The summed E-state index contributed by atoms with van der Waals surface area (Å²) in [5, 5.41) is 21.0. The van der Waals surface area contributed by atoms with Gasteiger partial charge in [0.25, 0.3) is 11.6 Å². The summed E-state index contributed by atoms with van der Waals surface area (Å²) in [6.07, 6.45) is -0.317. The van der Waals surface area contributed by atoms with Crippen molar-refractivity contribution in [1.82, 2.24) is 5.32 Å². The summed E-state index contributed by atoms with van der Waals surface area (Å²) in [7, 11) is 0. The van der Waals surface area contributed by atoms with E-state index in [4.69, 9.17) is 5.11 Å². The van der Waals surface area contributed by atoms with Gasteiger partial charge in [-0.2, -0.15) is 0 Å². The fraction of sp³-hybridized carbons (Fsp3) is 0.200. The predicted octanol–water partition coefficient (Wildman–Crippen LogP) is 0.938. The molecule has 1 rings (SSSR count). The number of carbonyl (C=O) groups excluding carboxylic acids is 1. The van der Waals surface area contributed by atoms with Crippen LogP contribution in [0.3, 0.4) is 0 Å². The second-order valence-electron chi connectivity index (χ2n) is 3.32. The van der Waals surface area contributed by atoms with Crippen LogP contribution < -0.4 is 5.32 Å². The maximum atomic E-state index is 13.3. The maximum Gasteiger partial charge on any atom is 0.305 e. The molecule has 0 bridgehead atoms. The summed E-state index contributed by atoms with van der Waals surface area (Å²) in [5.74, 6) is -2.92. The molecule has 8 heteroatoms. The van der Waals surface area contributed by atoms with Crippen molar-refractivity contribution in [3.05, 3.63) is 39.7 Å². The van der Waals surface area contributed by atoms with Gasteiger partial charge in [-0.15, -0.1) is 0 Å². The summed E-state index contributed by atoms with van der Waals surface area (Å²) in [6.45, 7) is -0.184. The van der Waals surface area contributed by atoms with Crippen molar-refractivity contribution in [2.75, 3.05) is 6.54 Å². The Bertz CT molecular complexity index is 503. The molecule has 0 aliphatic heterocycles. The summed E-state index contributed by atoms with van der Waals surface area (Å²) < 4.78 is 13.3. The largest absolute Gasteiger partial charge is 0.481 e. The Kier molecular flexibility index (Phi) is 4.30. The fourth-order valence-corrected chi connectivity index (χ4v) is 1.18. The van der Waals surface area contributed by atoms with Gasteiger partial charge in [-0.05, 0) is 6.07 Å². The van der Waals surface area contributed by atoms with E-state index in [1.807, 2.05) is 0 Å². The minimum absolute atomic E-state index is 0.184. The predicted molar refractivity (Wildman–Crippen MR) is 57.6 cm³/mol. The van der Waals surface area contributed by atoms with Gasteiger partial charge in [-0.3, -0.25) is 19.7 Å². The van der Waals surface area contributed by atoms with E-state index in [-0.39, 0.29) is 13.0 Å². The second kappa shape index (κ2) is 5.71. The molecule has 0 heterocycles.